The highest BCUT2D eigenvalue weighted by atomic mass is 35.5. The highest BCUT2D eigenvalue weighted by Crippen LogP contribution is 2.29. The normalized spacial score (nSPS) is 13.3. The van der Waals surface area contributed by atoms with Gasteiger partial charge in [-0.15, -0.1) is 11.6 Å². The molecule has 174 valence electrons. The van der Waals surface area contributed by atoms with E-state index < -0.39 is 76.4 Å². The van der Waals surface area contributed by atoms with Crippen molar-refractivity contribution in [3.05, 3.63) is 29.1 Å². The van der Waals surface area contributed by atoms with Gasteiger partial charge in [0, 0.05) is 11.8 Å². The van der Waals surface area contributed by atoms with Gasteiger partial charge in [0.25, 0.3) is 5.91 Å². The molecule has 31 heavy (non-hydrogen) atoms. The Morgan fingerprint density at radius 3 is 1.87 bits per heavy atom. The molecule has 0 saturated heterocycles. The lowest BCUT2D eigenvalue weighted by Gasteiger charge is -2.26. The molecular formula is C17H17Cl2F5N2O5. The number of ether oxygens (including phenoxy) is 2. The molecule has 7 nitrogen and oxygen atoms in total. The third-order valence-electron chi connectivity index (χ3n) is 3.41. The van der Waals surface area contributed by atoms with Crippen molar-refractivity contribution < 1.29 is 45.8 Å². The van der Waals surface area contributed by atoms with Gasteiger partial charge in [-0.1, -0.05) is 0 Å². The first-order valence-electron chi connectivity index (χ1n) is 8.39. The van der Waals surface area contributed by atoms with Gasteiger partial charge in [-0.05, 0) is 27.7 Å². The minimum atomic E-state index is -2.45. The van der Waals surface area contributed by atoms with Gasteiger partial charge in [0.05, 0.1) is 5.88 Å². The number of esters is 1. The van der Waals surface area contributed by atoms with Crippen LogP contribution >= 0.6 is 23.4 Å². The molecule has 1 N–H and O–H groups in total. The molecule has 1 aromatic rings. The highest BCUT2D eigenvalue weighted by molar-refractivity contribution is 6.25. The molecule has 0 aliphatic heterocycles. The zero-order valence-corrected chi connectivity index (χ0v) is 18.0. The Bertz CT molecular complexity index is 852. The fourth-order valence-electron chi connectivity index (χ4n) is 1.91. The fraction of sp³-hybridized carbons (Fsp3) is 0.471. The van der Waals surface area contributed by atoms with E-state index in [4.69, 9.17) is 28.1 Å². The second kappa shape index (κ2) is 10.3. The Morgan fingerprint density at radius 1 is 1.00 bits per heavy atom. The van der Waals surface area contributed by atoms with Crippen LogP contribution in [-0.2, 0) is 14.3 Å². The average molecular weight is 495 g/mol. The monoisotopic (exact) mass is 494 g/mol. The van der Waals surface area contributed by atoms with Gasteiger partial charge in [-0.2, -0.15) is 8.78 Å². The standard InChI is InChI=1S/C17H17Cl2F5N2O5/c1-6(15(28)30-13-11(23)9(21)8(20)10(22)12(13)24)26(19)14(27)7(5-18)25-16(29)31-17(2,3)4/h6-7H,5H2,1-4H3,(H,25,29). The summed E-state index contributed by atoms with van der Waals surface area (Å²) in [6, 6.07) is -3.28. The number of hydrogen-bond acceptors (Lipinski definition) is 5. The van der Waals surface area contributed by atoms with Crippen LogP contribution in [0.15, 0.2) is 0 Å². The maximum atomic E-state index is 13.7. The van der Waals surface area contributed by atoms with Crippen molar-refractivity contribution >= 4 is 41.3 Å². The lowest BCUT2D eigenvalue weighted by atomic mass is 10.2. The molecule has 0 radical (unpaired) electrons. The van der Waals surface area contributed by atoms with Gasteiger partial charge in [0.2, 0.25) is 34.8 Å². The van der Waals surface area contributed by atoms with E-state index in [0.29, 0.717) is 0 Å². The molecule has 1 aromatic carbocycles. The molecule has 14 heteroatoms. The molecule has 0 bridgehead atoms. The number of benzene rings is 1. The van der Waals surface area contributed by atoms with Crippen molar-refractivity contribution in [2.45, 2.75) is 45.4 Å². The fourth-order valence-corrected chi connectivity index (χ4v) is 2.32. The molecule has 1 rings (SSSR count). The topological polar surface area (TPSA) is 84.9 Å². The van der Waals surface area contributed by atoms with Crippen molar-refractivity contribution in [1.82, 2.24) is 9.74 Å². The average Bonchev–Trinajstić information content (AvgIpc) is 2.68. The number of rotatable bonds is 6. The quantitative estimate of drug-likeness (QED) is 0.124. The predicted octanol–water partition coefficient (Wildman–Crippen LogP) is 3.79. The van der Waals surface area contributed by atoms with E-state index in [1.807, 2.05) is 0 Å². The summed E-state index contributed by atoms with van der Waals surface area (Å²) in [7, 11) is 0. The molecule has 0 heterocycles. The summed E-state index contributed by atoms with van der Waals surface area (Å²) in [5, 5.41) is 2.11. The molecule has 0 saturated carbocycles. The summed E-state index contributed by atoms with van der Waals surface area (Å²) in [6.45, 7) is 5.58. The van der Waals surface area contributed by atoms with E-state index in [9.17, 15) is 36.3 Å². The Kier molecular flexibility index (Phi) is 8.88. The van der Waals surface area contributed by atoms with Gasteiger partial charge in [-0.25, -0.2) is 27.2 Å². The third-order valence-corrected chi connectivity index (χ3v) is 4.18. The van der Waals surface area contributed by atoms with Crippen molar-refractivity contribution in [1.29, 1.82) is 0 Å². The van der Waals surface area contributed by atoms with Crippen LogP contribution in [0.1, 0.15) is 27.7 Å². The number of hydrogen-bond donors (Lipinski definition) is 1. The van der Waals surface area contributed by atoms with E-state index in [1.165, 1.54) is 0 Å². The second-order valence-corrected chi connectivity index (χ2v) is 7.67. The molecule has 0 aliphatic carbocycles. The summed E-state index contributed by atoms with van der Waals surface area (Å²) in [6.07, 6.45) is -1.03. The van der Waals surface area contributed by atoms with Crippen LogP contribution in [0.5, 0.6) is 5.75 Å². The Balaban J connectivity index is 2.97. The van der Waals surface area contributed by atoms with Crippen LogP contribution in [0.3, 0.4) is 0 Å². The van der Waals surface area contributed by atoms with Crippen molar-refractivity contribution in [3.63, 3.8) is 0 Å². The van der Waals surface area contributed by atoms with E-state index >= 15 is 0 Å². The van der Waals surface area contributed by atoms with E-state index in [1.54, 1.807) is 20.8 Å². The van der Waals surface area contributed by atoms with Gasteiger partial charge in [0.1, 0.15) is 17.7 Å². The predicted molar refractivity (Wildman–Crippen MR) is 97.9 cm³/mol. The van der Waals surface area contributed by atoms with Gasteiger partial charge < -0.3 is 14.8 Å². The largest absolute Gasteiger partial charge is 0.444 e. The first kappa shape index (κ1) is 26.7. The maximum absolute atomic E-state index is 13.7. The highest BCUT2D eigenvalue weighted by Gasteiger charge is 2.35. The van der Waals surface area contributed by atoms with Gasteiger partial charge in [-0.3, -0.25) is 4.79 Å². The van der Waals surface area contributed by atoms with Crippen molar-refractivity contribution in [3.8, 4) is 5.75 Å². The summed E-state index contributed by atoms with van der Waals surface area (Å²) in [5.74, 6) is -17.1. The number of carbonyl (C=O) groups excluding carboxylic acids is 3. The molecule has 0 aromatic heterocycles. The molecule has 0 spiro atoms. The Labute approximate surface area is 183 Å². The number of halogens is 7. The number of amides is 2. The van der Waals surface area contributed by atoms with Crippen LogP contribution in [0.4, 0.5) is 26.7 Å². The Hall–Kier alpha value is -2.34. The summed E-state index contributed by atoms with van der Waals surface area (Å²) >= 11 is 11.4. The molecule has 2 unspecified atom stereocenters. The number of alkyl halides is 1. The summed E-state index contributed by atoms with van der Waals surface area (Å²) < 4.78 is 76.2. The van der Waals surface area contributed by atoms with E-state index in [0.717, 1.165) is 6.92 Å². The van der Waals surface area contributed by atoms with Gasteiger partial charge in [0.15, 0.2) is 0 Å². The minimum Gasteiger partial charge on any atom is -0.444 e. The SMILES string of the molecule is CC(C(=O)Oc1c(F)c(F)c(F)c(F)c1F)N(Cl)C(=O)C(CCl)NC(=O)OC(C)(C)C. The minimum absolute atomic E-state index is 0.179. The smallest absolute Gasteiger partial charge is 0.408 e. The molecular weight excluding hydrogens is 478 g/mol. The first-order chi connectivity index (χ1) is 14.1. The molecule has 2 amide bonds. The number of carbonyl (C=O) groups is 3. The van der Waals surface area contributed by atoms with Crippen LogP contribution < -0.4 is 10.1 Å². The second-order valence-electron chi connectivity index (χ2n) is 7.00. The van der Waals surface area contributed by atoms with E-state index in [-0.39, 0.29) is 4.42 Å². The van der Waals surface area contributed by atoms with Crippen LogP contribution in [0.25, 0.3) is 0 Å². The van der Waals surface area contributed by atoms with E-state index in [2.05, 4.69) is 10.1 Å². The van der Waals surface area contributed by atoms with Crippen molar-refractivity contribution in [2.75, 3.05) is 5.88 Å². The van der Waals surface area contributed by atoms with Crippen molar-refractivity contribution in [2.24, 2.45) is 0 Å². The lowest BCUT2D eigenvalue weighted by molar-refractivity contribution is -0.144. The first-order valence-corrected chi connectivity index (χ1v) is 9.27. The summed E-state index contributed by atoms with van der Waals surface area (Å²) in [5.41, 5.74) is -0.907. The number of nitrogens with zero attached hydrogens (tertiary/aromatic N) is 1. The molecule has 2 atom stereocenters. The number of nitrogens with one attached hydrogen (secondary N) is 1. The third kappa shape index (κ3) is 6.57. The van der Waals surface area contributed by atoms with Crippen LogP contribution in [-0.4, -0.2) is 46.0 Å². The Morgan fingerprint density at radius 2 is 1.45 bits per heavy atom. The number of alkyl carbamates (subject to hydrolysis) is 1. The summed E-state index contributed by atoms with van der Waals surface area (Å²) in [4.78, 5) is 36.2. The maximum Gasteiger partial charge on any atom is 0.408 e. The van der Waals surface area contributed by atoms with Crippen LogP contribution in [0, 0.1) is 29.1 Å². The van der Waals surface area contributed by atoms with Crippen LogP contribution in [0.2, 0.25) is 0 Å². The molecule has 0 fully saturated rings. The zero-order valence-electron chi connectivity index (χ0n) is 16.5. The molecule has 0 aliphatic rings. The van der Waals surface area contributed by atoms with Gasteiger partial charge >= 0.3 is 12.1 Å². The zero-order chi connectivity index (χ0) is 24.3. The lowest BCUT2D eigenvalue weighted by Crippen LogP contribution is -2.51.